The first-order valence-corrected chi connectivity index (χ1v) is 5.98. The Labute approximate surface area is 107 Å². The van der Waals surface area contributed by atoms with Gasteiger partial charge in [0.15, 0.2) is 0 Å². The van der Waals surface area contributed by atoms with Crippen molar-refractivity contribution in [2.45, 2.75) is 20.0 Å². The van der Waals surface area contributed by atoms with Crippen LogP contribution < -0.4 is 10.1 Å². The van der Waals surface area contributed by atoms with Crippen molar-refractivity contribution in [1.29, 1.82) is 0 Å². The van der Waals surface area contributed by atoms with E-state index in [2.05, 4.69) is 5.32 Å². The molecule has 0 heterocycles. The van der Waals surface area contributed by atoms with Crippen LogP contribution in [0.2, 0.25) is 0 Å². The highest BCUT2D eigenvalue weighted by molar-refractivity contribution is 5.91. The second-order valence-electron chi connectivity index (χ2n) is 3.93. The monoisotopic (exact) mass is 249 g/mol. The number of hydrogen-bond donors (Lipinski definition) is 2. The molecule has 0 aliphatic rings. The first-order valence-electron chi connectivity index (χ1n) is 5.98. The smallest absolute Gasteiger partial charge is 0.244 e. The number of hydrogen-bond acceptors (Lipinski definition) is 3. The van der Waals surface area contributed by atoms with Crippen molar-refractivity contribution in [3.05, 3.63) is 35.9 Å². The number of amides is 1. The summed E-state index contributed by atoms with van der Waals surface area (Å²) in [4.78, 5) is 11.4. The molecule has 2 N–H and O–H groups in total. The number of aliphatic hydroxyl groups excluding tert-OH is 1. The van der Waals surface area contributed by atoms with Crippen LogP contribution >= 0.6 is 0 Å². The Morgan fingerprint density at radius 3 is 2.67 bits per heavy atom. The Morgan fingerprint density at radius 2 is 2.11 bits per heavy atom. The van der Waals surface area contributed by atoms with Crippen molar-refractivity contribution >= 4 is 12.0 Å². The van der Waals surface area contributed by atoms with Crippen molar-refractivity contribution in [2.75, 3.05) is 13.2 Å². The number of carbonyl (C=O) groups is 1. The Kier molecular flexibility index (Phi) is 5.94. The molecule has 0 fully saturated rings. The van der Waals surface area contributed by atoms with Crippen LogP contribution in [0.4, 0.5) is 0 Å². The SMILES string of the molecule is CCOc1ccc(/C=C/C(=O)NC[C@H](C)O)cc1. The van der Waals surface area contributed by atoms with Gasteiger partial charge in [-0.2, -0.15) is 0 Å². The van der Waals surface area contributed by atoms with Crippen LogP contribution in [0.15, 0.2) is 30.3 Å². The molecule has 0 unspecified atom stereocenters. The van der Waals surface area contributed by atoms with Gasteiger partial charge in [-0.05, 0) is 37.6 Å². The zero-order valence-electron chi connectivity index (χ0n) is 10.7. The third-order valence-corrected chi connectivity index (χ3v) is 2.19. The summed E-state index contributed by atoms with van der Waals surface area (Å²) in [5.41, 5.74) is 0.922. The molecule has 18 heavy (non-hydrogen) atoms. The fraction of sp³-hybridized carbons (Fsp3) is 0.357. The maximum Gasteiger partial charge on any atom is 0.244 e. The third kappa shape index (κ3) is 5.50. The lowest BCUT2D eigenvalue weighted by Crippen LogP contribution is -2.28. The molecular formula is C14H19NO3. The fourth-order valence-corrected chi connectivity index (χ4v) is 1.32. The molecule has 0 aliphatic heterocycles. The summed E-state index contributed by atoms with van der Waals surface area (Å²) in [6.45, 7) is 4.44. The molecule has 0 spiro atoms. The molecule has 0 saturated heterocycles. The van der Waals surface area contributed by atoms with Gasteiger partial charge in [-0.1, -0.05) is 12.1 Å². The molecule has 4 heteroatoms. The summed E-state index contributed by atoms with van der Waals surface area (Å²) >= 11 is 0. The van der Waals surface area contributed by atoms with E-state index < -0.39 is 6.10 Å². The number of nitrogens with one attached hydrogen (secondary N) is 1. The average molecular weight is 249 g/mol. The number of aliphatic hydroxyl groups is 1. The maximum atomic E-state index is 11.4. The average Bonchev–Trinajstić information content (AvgIpc) is 2.36. The van der Waals surface area contributed by atoms with Crippen LogP contribution in [0.5, 0.6) is 5.75 Å². The predicted molar refractivity (Wildman–Crippen MR) is 71.3 cm³/mol. The summed E-state index contributed by atoms with van der Waals surface area (Å²) < 4.78 is 5.32. The van der Waals surface area contributed by atoms with E-state index in [1.165, 1.54) is 6.08 Å². The molecule has 1 aromatic rings. The lowest BCUT2D eigenvalue weighted by atomic mass is 10.2. The summed E-state index contributed by atoms with van der Waals surface area (Å²) in [6, 6.07) is 7.47. The van der Waals surface area contributed by atoms with Crippen LogP contribution in [-0.4, -0.2) is 30.3 Å². The zero-order valence-corrected chi connectivity index (χ0v) is 10.7. The summed E-state index contributed by atoms with van der Waals surface area (Å²) in [6.07, 6.45) is 2.62. The van der Waals surface area contributed by atoms with Gasteiger partial charge in [0.25, 0.3) is 0 Å². The maximum absolute atomic E-state index is 11.4. The molecule has 1 atom stereocenters. The Bertz CT molecular complexity index is 396. The molecule has 1 rings (SSSR count). The van der Waals surface area contributed by atoms with Crippen molar-refractivity contribution < 1.29 is 14.6 Å². The minimum absolute atomic E-state index is 0.218. The van der Waals surface area contributed by atoms with Gasteiger partial charge in [-0.25, -0.2) is 0 Å². The number of benzene rings is 1. The predicted octanol–water partition coefficient (Wildman–Crippen LogP) is 1.60. The van der Waals surface area contributed by atoms with E-state index in [1.54, 1.807) is 13.0 Å². The standard InChI is InChI=1S/C14H19NO3/c1-3-18-13-7-4-12(5-8-13)6-9-14(17)15-10-11(2)16/h4-9,11,16H,3,10H2,1-2H3,(H,15,17)/b9-6+/t11-/m0/s1. The third-order valence-electron chi connectivity index (χ3n) is 2.19. The van der Waals surface area contributed by atoms with Gasteiger partial charge >= 0.3 is 0 Å². The number of carbonyl (C=O) groups excluding carboxylic acids is 1. The molecule has 0 bridgehead atoms. The van der Waals surface area contributed by atoms with E-state index in [-0.39, 0.29) is 12.5 Å². The molecule has 0 aliphatic carbocycles. The van der Waals surface area contributed by atoms with Crippen LogP contribution in [0.3, 0.4) is 0 Å². The summed E-state index contributed by atoms with van der Waals surface area (Å²) in [5.74, 6) is 0.595. The molecule has 1 amide bonds. The minimum atomic E-state index is -0.534. The Morgan fingerprint density at radius 1 is 1.44 bits per heavy atom. The second-order valence-corrected chi connectivity index (χ2v) is 3.93. The van der Waals surface area contributed by atoms with E-state index in [9.17, 15) is 4.79 Å². The highest BCUT2D eigenvalue weighted by Gasteiger charge is 1.98. The van der Waals surface area contributed by atoms with E-state index in [4.69, 9.17) is 9.84 Å². The van der Waals surface area contributed by atoms with Crippen LogP contribution in [0.25, 0.3) is 6.08 Å². The van der Waals surface area contributed by atoms with E-state index in [1.807, 2.05) is 31.2 Å². The van der Waals surface area contributed by atoms with Gasteiger partial charge in [0.2, 0.25) is 5.91 Å². The quantitative estimate of drug-likeness (QED) is 0.753. The molecule has 0 radical (unpaired) electrons. The van der Waals surface area contributed by atoms with E-state index in [0.29, 0.717) is 6.61 Å². The number of rotatable bonds is 6. The normalized spacial score (nSPS) is 12.4. The topological polar surface area (TPSA) is 58.6 Å². The fourth-order valence-electron chi connectivity index (χ4n) is 1.32. The van der Waals surface area contributed by atoms with Crippen LogP contribution in [-0.2, 0) is 4.79 Å². The lowest BCUT2D eigenvalue weighted by Gasteiger charge is -2.04. The van der Waals surface area contributed by atoms with Crippen molar-refractivity contribution in [2.24, 2.45) is 0 Å². The molecule has 98 valence electrons. The summed E-state index contributed by atoms with van der Waals surface area (Å²) in [5, 5.41) is 11.6. The van der Waals surface area contributed by atoms with Crippen LogP contribution in [0, 0.1) is 0 Å². The van der Waals surface area contributed by atoms with Crippen molar-refractivity contribution in [3.8, 4) is 5.75 Å². The Hall–Kier alpha value is -1.81. The van der Waals surface area contributed by atoms with Crippen LogP contribution in [0.1, 0.15) is 19.4 Å². The molecule has 0 saturated carbocycles. The van der Waals surface area contributed by atoms with Gasteiger partial charge in [0.05, 0.1) is 12.7 Å². The zero-order chi connectivity index (χ0) is 13.4. The van der Waals surface area contributed by atoms with Gasteiger partial charge in [0, 0.05) is 12.6 Å². The number of ether oxygens (including phenoxy) is 1. The molecule has 0 aromatic heterocycles. The summed E-state index contributed by atoms with van der Waals surface area (Å²) in [7, 11) is 0. The first kappa shape index (κ1) is 14.3. The molecule has 1 aromatic carbocycles. The van der Waals surface area contributed by atoms with Crippen molar-refractivity contribution in [1.82, 2.24) is 5.32 Å². The highest BCUT2D eigenvalue weighted by Crippen LogP contribution is 2.12. The molecular weight excluding hydrogens is 230 g/mol. The molecule has 4 nitrogen and oxygen atoms in total. The van der Waals surface area contributed by atoms with Gasteiger partial charge in [0.1, 0.15) is 5.75 Å². The largest absolute Gasteiger partial charge is 0.494 e. The highest BCUT2D eigenvalue weighted by atomic mass is 16.5. The van der Waals surface area contributed by atoms with Crippen molar-refractivity contribution in [3.63, 3.8) is 0 Å². The van der Waals surface area contributed by atoms with Gasteiger partial charge < -0.3 is 15.2 Å². The Balaban J connectivity index is 2.48. The minimum Gasteiger partial charge on any atom is -0.494 e. The van der Waals surface area contributed by atoms with E-state index >= 15 is 0 Å². The van der Waals surface area contributed by atoms with Gasteiger partial charge in [-0.3, -0.25) is 4.79 Å². The second kappa shape index (κ2) is 7.50. The van der Waals surface area contributed by atoms with E-state index in [0.717, 1.165) is 11.3 Å². The van der Waals surface area contributed by atoms with Gasteiger partial charge in [-0.15, -0.1) is 0 Å². The first-order chi connectivity index (χ1) is 8.61. The lowest BCUT2D eigenvalue weighted by molar-refractivity contribution is -0.116.